The van der Waals surface area contributed by atoms with Crippen molar-refractivity contribution in [2.24, 2.45) is 0 Å². The number of aryl methyl sites for hydroxylation is 1. The van der Waals surface area contributed by atoms with Gasteiger partial charge in [0, 0.05) is 12.1 Å². The van der Waals surface area contributed by atoms with Crippen LogP contribution < -0.4 is 9.47 Å². The predicted octanol–water partition coefficient (Wildman–Crippen LogP) is 6.65. The Morgan fingerprint density at radius 2 is 1.38 bits per heavy atom. The highest BCUT2D eigenvalue weighted by Crippen LogP contribution is 2.38. The highest BCUT2D eigenvalue weighted by molar-refractivity contribution is 5.97. The molecule has 0 saturated carbocycles. The van der Waals surface area contributed by atoms with Crippen LogP contribution in [0.3, 0.4) is 0 Å². The summed E-state index contributed by atoms with van der Waals surface area (Å²) in [4.78, 5) is 28.3. The van der Waals surface area contributed by atoms with E-state index in [2.05, 4.69) is 17.0 Å². The van der Waals surface area contributed by atoms with E-state index < -0.39 is 11.9 Å². The number of esters is 2. The van der Waals surface area contributed by atoms with Gasteiger partial charge in [0.2, 0.25) is 0 Å². The van der Waals surface area contributed by atoms with Gasteiger partial charge in [-0.05, 0) is 85.9 Å². The molecule has 1 fully saturated rings. The molecular weight excluding hydrogens is 486 g/mol. The van der Waals surface area contributed by atoms with E-state index in [1.807, 2.05) is 25.1 Å². The maximum atomic E-state index is 13.0. The molecule has 0 aromatic heterocycles. The van der Waals surface area contributed by atoms with Crippen molar-refractivity contribution < 1.29 is 19.1 Å². The van der Waals surface area contributed by atoms with Crippen LogP contribution in [0.4, 0.5) is 0 Å². The minimum atomic E-state index is -0.506. The van der Waals surface area contributed by atoms with Crippen LogP contribution in [-0.2, 0) is 6.42 Å². The lowest BCUT2D eigenvalue weighted by molar-refractivity contribution is 0.0682. The second-order valence-electron chi connectivity index (χ2n) is 9.19. The Balaban J connectivity index is 0.00000320. The van der Waals surface area contributed by atoms with Gasteiger partial charge < -0.3 is 14.4 Å². The van der Waals surface area contributed by atoms with Crippen LogP contribution in [0.5, 0.6) is 11.5 Å². The number of carbonyl (C=O) groups excluding carboxylic acids is 2. The molecule has 0 unspecified atom stereocenters. The van der Waals surface area contributed by atoms with Crippen LogP contribution >= 0.6 is 12.4 Å². The van der Waals surface area contributed by atoms with Gasteiger partial charge in [-0.3, -0.25) is 0 Å². The summed E-state index contributed by atoms with van der Waals surface area (Å²) in [5, 5.41) is 1.90. The summed E-state index contributed by atoms with van der Waals surface area (Å²) in [5.74, 6) is -0.519. The second-order valence-corrected chi connectivity index (χ2v) is 9.19. The van der Waals surface area contributed by atoms with E-state index >= 15 is 0 Å². The van der Waals surface area contributed by atoms with E-state index in [0.717, 1.165) is 29.3 Å². The lowest BCUT2D eigenvalue weighted by atomic mass is 9.99. The Morgan fingerprint density at radius 1 is 0.784 bits per heavy atom. The van der Waals surface area contributed by atoms with Crippen molar-refractivity contribution in [3.63, 3.8) is 0 Å². The maximum absolute atomic E-state index is 13.0. The van der Waals surface area contributed by atoms with Crippen molar-refractivity contribution in [2.45, 2.75) is 26.2 Å². The SMILES string of the molecule is Cc1c(OC(=O)c2ccccc2)c(OC(=O)c2ccccc2)cc2ccc(CCN3CCCC3)cc12.Cl. The van der Waals surface area contributed by atoms with E-state index in [1.54, 1.807) is 54.6 Å². The molecule has 5 rings (SSSR count). The third-order valence-electron chi connectivity index (χ3n) is 6.70. The van der Waals surface area contributed by atoms with Crippen molar-refractivity contribution in [2.75, 3.05) is 19.6 Å². The Morgan fingerprint density at radius 3 is 2.00 bits per heavy atom. The van der Waals surface area contributed by atoms with E-state index in [4.69, 9.17) is 9.47 Å². The van der Waals surface area contributed by atoms with Crippen molar-refractivity contribution in [3.8, 4) is 11.5 Å². The zero-order chi connectivity index (χ0) is 24.9. The molecule has 4 aromatic carbocycles. The molecule has 0 N–H and O–H groups in total. The van der Waals surface area contributed by atoms with Crippen LogP contribution in [0.15, 0.2) is 84.9 Å². The minimum absolute atomic E-state index is 0. The molecule has 5 nitrogen and oxygen atoms in total. The van der Waals surface area contributed by atoms with E-state index in [1.165, 1.54) is 31.5 Å². The van der Waals surface area contributed by atoms with Crippen molar-refractivity contribution in [1.29, 1.82) is 0 Å². The first-order valence-electron chi connectivity index (χ1n) is 12.4. The quantitative estimate of drug-likeness (QED) is 0.204. The zero-order valence-corrected chi connectivity index (χ0v) is 21.6. The van der Waals surface area contributed by atoms with E-state index in [-0.39, 0.29) is 23.9 Å². The van der Waals surface area contributed by atoms with Crippen LogP contribution in [0.25, 0.3) is 10.8 Å². The summed E-state index contributed by atoms with van der Waals surface area (Å²) in [7, 11) is 0. The summed E-state index contributed by atoms with van der Waals surface area (Å²) < 4.78 is 11.6. The number of hydrogen-bond acceptors (Lipinski definition) is 5. The van der Waals surface area contributed by atoms with Crippen LogP contribution in [0.2, 0.25) is 0 Å². The third kappa shape index (κ3) is 6.19. The Labute approximate surface area is 223 Å². The first-order valence-corrected chi connectivity index (χ1v) is 12.4. The molecule has 6 heteroatoms. The number of halogens is 1. The Kier molecular flexibility index (Phi) is 8.59. The molecule has 1 heterocycles. The fourth-order valence-corrected chi connectivity index (χ4v) is 4.68. The molecule has 0 bridgehead atoms. The average Bonchev–Trinajstić information content (AvgIpc) is 3.44. The van der Waals surface area contributed by atoms with Gasteiger partial charge >= 0.3 is 11.9 Å². The standard InChI is InChI=1S/C31H29NO4.ClH/c1-22-27-20-23(16-19-32-17-8-9-18-32)14-15-26(27)21-28(35-30(33)24-10-4-2-5-11-24)29(22)36-31(34)25-12-6-3-7-13-25;/h2-7,10-15,20-21H,8-9,16-19H2,1H3;1H. The van der Waals surface area contributed by atoms with E-state index in [9.17, 15) is 9.59 Å². The molecular formula is C31H30ClNO4. The van der Waals surface area contributed by atoms with Gasteiger partial charge in [-0.2, -0.15) is 0 Å². The van der Waals surface area contributed by atoms with Crippen molar-refractivity contribution in [1.82, 2.24) is 4.90 Å². The van der Waals surface area contributed by atoms with Gasteiger partial charge in [0.15, 0.2) is 11.5 Å². The molecule has 1 aliphatic rings. The molecule has 1 aliphatic heterocycles. The average molecular weight is 516 g/mol. The number of benzene rings is 4. The number of ether oxygens (including phenoxy) is 2. The topological polar surface area (TPSA) is 55.8 Å². The van der Waals surface area contributed by atoms with Crippen molar-refractivity contribution >= 4 is 35.1 Å². The highest BCUT2D eigenvalue weighted by atomic mass is 35.5. The lowest BCUT2D eigenvalue weighted by Crippen LogP contribution is -2.21. The lowest BCUT2D eigenvalue weighted by Gasteiger charge is -2.17. The van der Waals surface area contributed by atoms with Crippen LogP contribution in [-0.4, -0.2) is 36.5 Å². The summed E-state index contributed by atoms with van der Waals surface area (Å²) in [6.45, 7) is 5.28. The number of rotatable bonds is 7. The number of nitrogens with zero attached hydrogens (tertiary/aromatic N) is 1. The molecule has 1 saturated heterocycles. The highest BCUT2D eigenvalue weighted by Gasteiger charge is 2.21. The molecule has 0 spiro atoms. The predicted molar refractivity (Wildman–Crippen MR) is 148 cm³/mol. The summed E-state index contributed by atoms with van der Waals surface area (Å²) in [6.07, 6.45) is 3.51. The normalized spacial score (nSPS) is 13.2. The minimum Gasteiger partial charge on any atom is -0.419 e. The van der Waals surface area contributed by atoms with E-state index in [0.29, 0.717) is 11.1 Å². The zero-order valence-electron chi connectivity index (χ0n) is 20.8. The Bertz CT molecular complexity index is 1380. The fraction of sp³-hybridized carbons (Fsp3) is 0.226. The van der Waals surface area contributed by atoms with Crippen molar-refractivity contribution in [3.05, 3.63) is 107 Å². The summed E-state index contributed by atoms with van der Waals surface area (Å²) >= 11 is 0. The molecule has 37 heavy (non-hydrogen) atoms. The van der Waals surface area contributed by atoms with Gasteiger partial charge in [0.25, 0.3) is 0 Å². The third-order valence-corrected chi connectivity index (χ3v) is 6.70. The van der Waals surface area contributed by atoms with Gasteiger partial charge in [0.05, 0.1) is 11.1 Å². The van der Waals surface area contributed by atoms with Gasteiger partial charge in [-0.15, -0.1) is 12.4 Å². The van der Waals surface area contributed by atoms with Crippen LogP contribution in [0, 0.1) is 6.92 Å². The Hall–Kier alpha value is -3.67. The number of fused-ring (bicyclic) bond motifs is 1. The monoisotopic (exact) mass is 515 g/mol. The molecule has 0 aliphatic carbocycles. The van der Waals surface area contributed by atoms with Crippen LogP contribution in [0.1, 0.15) is 44.7 Å². The summed E-state index contributed by atoms with van der Waals surface area (Å²) in [5.41, 5.74) is 2.84. The van der Waals surface area contributed by atoms with Gasteiger partial charge in [-0.1, -0.05) is 54.6 Å². The number of carbonyl (C=O) groups is 2. The van der Waals surface area contributed by atoms with Gasteiger partial charge in [0.1, 0.15) is 0 Å². The first kappa shape index (κ1) is 26.4. The number of likely N-dealkylation sites (tertiary alicyclic amines) is 1. The second kappa shape index (κ2) is 12.0. The first-order chi connectivity index (χ1) is 17.6. The largest absolute Gasteiger partial charge is 0.419 e. The molecule has 0 amide bonds. The maximum Gasteiger partial charge on any atom is 0.343 e. The molecule has 4 aromatic rings. The molecule has 0 radical (unpaired) electrons. The summed E-state index contributed by atoms with van der Waals surface area (Å²) in [6, 6.07) is 25.7. The fourth-order valence-electron chi connectivity index (χ4n) is 4.68. The van der Waals surface area contributed by atoms with Gasteiger partial charge in [-0.25, -0.2) is 9.59 Å². The number of hydrogen-bond donors (Lipinski definition) is 0. The smallest absolute Gasteiger partial charge is 0.343 e. The molecule has 0 atom stereocenters. The molecule has 190 valence electrons.